The number of likely N-dealkylation sites (N-methyl/N-ethyl adjacent to an activating group) is 1. The van der Waals surface area contributed by atoms with Crippen LogP contribution in [-0.4, -0.2) is 60.7 Å². The van der Waals surface area contributed by atoms with Gasteiger partial charge in [-0.1, -0.05) is 11.8 Å². The highest BCUT2D eigenvalue weighted by atomic mass is 32.2. The van der Waals surface area contributed by atoms with Gasteiger partial charge >= 0.3 is 0 Å². The molecule has 0 bridgehead atoms. The molecule has 9 nitrogen and oxygen atoms in total. The van der Waals surface area contributed by atoms with Gasteiger partial charge in [-0.05, 0) is 37.2 Å². The Morgan fingerprint density at radius 1 is 1.19 bits per heavy atom. The lowest BCUT2D eigenvalue weighted by molar-refractivity contribution is -0.163. The van der Waals surface area contributed by atoms with Crippen molar-refractivity contribution in [3.63, 3.8) is 0 Å². The Morgan fingerprint density at radius 3 is 2.28 bits per heavy atom. The minimum Gasteiger partial charge on any atom is -0.481 e. The molecule has 11 heteroatoms. The monoisotopic (exact) mass is 476 g/mol. The largest absolute Gasteiger partial charge is 0.481 e. The first-order valence-corrected chi connectivity index (χ1v) is 11.4. The van der Waals surface area contributed by atoms with E-state index in [1.165, 1.54) is 50.9 Å². The number of ether oxygens (including phenoxy) is 1. The molecule has 0 unspecified atom stereocenters. The van der Waals surface area contributed by atoms with Crippen LogP contribution in [0.3, 0.4) is 0 Å². The number of thioether (sulfide) groups is 2. The van der Waals surface area contributed by atoms with E-state index in [0.29, 0.717) is 11.4 Å². The van der Waals surface area contributed by atoms with Gasteiger partial charge in [0.1, 0.15) is 0 Å². The molecule has 1 aromatic rings. The topological polar surface area (TPSA) is 121 Å². The zero-order valence-electron chi connectivity index (χ0n) is 18.7. The zero-order chi connectivity index (χ0) is 24.1. The maximum absolute atomic E-state index is 14.0. The molecule has 32 heavy (non-hydrogen) atoms. The molecule has 0 aromatic carbocycles. The summed E-state index contributed by atoms with van der Waals surface area (Å²) in [7, 11) is 2.92. The number of fused-ring (bicyclic) bond motifs is 1. The second kappa shape index (κ2) is 8.08. The lowest BCUT2D eigenvalue weighted by atomic mass is 9.80. The van der Waals surface area contributed by atoms with Crippen molar-refractivity contribution >= 4 is 45.6 Å². The van der Waals surface area contributed by atoms with Crippen molar-refractivity contribution in [1.29, 1.82) is 5.26 Å². The molecule has 2 aliphatic heterocycles. The van der Waals surface area contributed by atoms with Gasteiger partial charge in [0.2, 0.25) is 5.88 Å². The fourth-order valence-corrected chi connectivity index (χ4v) is 6.83. The summed E-state index contributed by atoms with van der Waals surface area (Å²) in [5.41, 5.74) is -0.668. The lowest BCUT2D eigenvalue weighted by Gasteiger charge is -2.52. The van der Waals surface area contributed by atoms with Gasteiger partial charge in [0.25, 0.3) is 11.8 Å². The number of rotatable bonds is 4. The molecule has 0 radical (unpaired) electrons. The fraction of sp³-hybridized carbons (Fsp3) is 0.524. The summed E-state index contributed by atoms with van der Waals surface area (Å²) in [5, 5.41) is 9.46. The number of hydrogen-bond acceptors (Lipinski definition) is 9. The molecule has 0 aliphatic carbocycles. The third-order valence-electron chi connectivity index (χ3n) is 5.95. The molecule has 2 amide bonds. The molecular formula is C21H24N4O5S2. The number of carbonyl (C=O) groups is 4. The number of nitrogens with zero attached hydrogens (tertiary/aromatic N) is 4. The van der Waals surface area contributed by atoms with Crippen molar-refractivity contribution in [2.45, 2.75) is 49.9 Å². The average Bonchev–Trinajstić information content (AvgIpc) is 3.00. The predicted octanol–water partition coefficient (Wildman–Crippen LogP) is 2.34. The molecule has 2 saturated heterocycles. The van der Waals surface area contributed by atoms with Crippen LogP contribution in [-0.2, 0) is 19.2 Å². The number of carbonyl (C=O) groups excluding carboxylic acids is 4. The van der Waals surface area contributed by atoms with Gasteiger partial charge in [0.15, 0.2) is 20.0 Å². The lowest BCUT2D eigenvalue weighted by Crippen LogP contribution is -2.71. The first kappa shape index (κ1) is 24.1. The molecule has 170 valence electrons. The van der Waals surface area contributed by atoms with Crippen LogP contribution in [0.15, 0.2) is 18.3 Å². The molecule has 4 atom stereocenters. The van der Waals surface area contributed by atoms with Crippen molar-refractivity contribution in [2.24, 2.45) is 5.41 Å². The maximum Gasteiger partial charge on any atom is 0.261 e. The molecule has 3 heterocycles. The molecule has 0 spiro atoms. The van der Waals surface area contributed by atoms with Crippen LogP contribution in [0, 0.1) is 16.7 Å². The van der Waals surface area contributed by atoms with Gasteiger partial charge in [-0.3, -0.25) is 19.2 Å². The van der Waals surface area contributed by atoms with Crippen molar-refractivity contribution in [3.8, 4) is 11.9 Å². The Labute approximate surface area is 194 Å². The summed E-state index contributed by atoms with van der Waals surface area (Å²) >= 11 is 1.47. The highest BCUT2D eigenvalue weighted by Crippen LogP contribution is 2.62. The van der Waals surface area contributed by atoms with Crippen molar-refractivity contribution in [1.82, 2.24) is 14.8 Å². The van der Waals surface area contributed by atoms with E-state index in [0.717, 1.165) is 23.5 Å². The summed E-state index contributed by atoms with van der Waals surface area (Å²) in [6.45, 7) is 5.81. The van der Waals surface area contributed by atoms with E-state index in [4.69, 9.17) is 4.74 Å². The number of amides is 2. The van der Waals surface area contributed by atoms with E-state index in [1.54, 1.807) is 19.1 Å². The average molecular weight is 477 g/mol. The van der Waals surface area contributed by atoms with Crippen LogP contribution in [0.4, 0.5) is 0 Å². The quantitative estimate of drug-likeness (QED) is 0.644. The Kier molecular flexibility index (Phi) is 6.08. The fourth-order valence-electron chi connectivity index (χ4n) is 4.51. The first-order valence-electron chi connectivity index (χ1n) is 9.78. The van der Waals surface area contributed by atoms with E-state index < -0.39 is 33.0 Å². The van der Waals surface area contributed by atoms with E-state index in [9.17, 15) is 24.4 Å². The van der Waals surface area contributed by atoms with Gasteiger partial charge in [0.05, 0.1) is 24.6 Å². The van der Waals surface area contributed by atoms with Crippen LogP contribution < -0.4 is 4.74 Å². The van der Waals surface area contributed by atoms with E-state index >= 15 is 0 Å². The number of pyridine rings is 1. The second-order valence-electron chi connectivity index (χ2n) is 8.24. The minimum absolute atomic E-state index is 0.0484. The van der Waals surface area contributed by atoms with Gasteiger partial charge < -0.3 is 14.5 Å². The van der Waals surface area contributed by atoms with Crippen molar-refractivity contribution < 1.29 is 23.9 Å². The number of nitriles is 1. The van der Waals surface area contributed by atoms with Crippen molar-refractivity contribution in [3.05, 3.63) is 23.9 Å². The van der Waals surface area contributed by atoms with E-state index in [2.05, 4.69) is 11.1 Å². The SMILES string of the molecule is COc1ccc([C@@H]2N3C(=O)[C@](C)(SC(C)=O)N(C)C(=O)[C@]3(SC(C)=O)C[C@]2(C)C#N)cn1. The maximum atomic E-state index is 14.0. The summed E-state index contributed by atoms with van der Waals surface area (Å²) in [6, 6.07) is 4.70. The normalized spacial score (nSPS) is 31.8. The third kappa shape index (κ3) is 3.46. The molecule has 0 N–H and O–H groups in total. The van der Waals surface area contributed by atoms with Crippen LogP contribution in [0.5, 0.6) is 5.88 Å². The van der Waals surface area contributed by atoms with Crippen LogP contribution in [0.1, 0.15) is 45.7 Å². The summed E-state index contributed by atoms with van der Waals surface area (Å²) in [5.74, 6) is -0.667. The smallest absolute Gasteiger partial charge is 0.261 e. The minimum atomic E-state index is -1.61. The van der Waals surface area contributed by atoms with Gasteiger partial charge in [-0.25, -0.2) is 4.98 Å². The van der Waals surface area contributed by atoms with E-state index in [1.807, 2.05) is 0 Å². The number of methoxy groups -OCH3 is 1. The summed E-state index contributed by atoms with van der Waals surface area (Å²) < 4.78 is 5.11. The summed E-state index contributed by atoms with van der Waals surface area (Å²) in [6.07, 6.45) is 1.45. The first-order chi connectivity index (χ1) is 14.9. The molecule has 0 saturated carbocycles. The number of piperazine rings is 1. The Balaban J connectivity index is 2.29. The van der Waals surface area contributed by atoms with Crippen LogP contribution in [0.2, 0.25) is 0 Å². The van der Waals surface area contributed by atoms with Crippen LogP contribution in [0.25, 0.3) is 0 Å². The zero-order valence-corrected chi connectivity index (χ0v) is 20.3. The number of aromatic nitrogens is 1. The van der Waals surface area contributed by atoms with Gasteiger partial charge in [-0.15, -0.1) is 0 Å². The molecule has 2 fully saturated rings. The molecule has 2 aliphatic rings. The second-order valence-corrected chi connectivity index (χ2v) is 11.3. The molecule has 1 aromatic heterocycles. The summed E-state index contributed by atoms with van der Waals surface area (Å²) in [4.78, 5) is 55.7. The highest BCUT2D eigenvalue weighted by molar-refractivity contribution is 8.16. The van der Waals surface area contributed by atoms with E-state index in [-0.39, 0.29) is 16.7 Å². The predicted molar refractivity (Wildman–Crippen MR) is 119 cm³/mol. The molecular weight excluding hydrogens is 452 g/mol. The van der Waals surface area contributed by atoms with Gasteiger partial charge in [0, 0.05) is 39.6 Å². The van der Waals surface area contributed by atoms with Gasteiger partial charge in [-0.2, -0.15) is 5.26 Å². The van der Waals surface area contributed by atoms with Crippen LogP contribution >= 0.6 is 23.5 Å². The highest BCUT2D eigenvalue weighted by Gasteiger charge is 2.71. The standard InChI is InChI=1S/C21H24N4O5S2/c1-12(26)31-20(4)17(28)25-16(14-7-8-15(30-6)23-9-14)19(3,11-22)10-21(25,32-13(2)27)18(29)24(20)5/h7-9,16H,10H2,1-6H3/t16-,19+,20-,21+/m0/s1. The Bertz CT molecular complexity index is 1040. The number of hydrogen-bond donors (Lipinski definition) is 0. The Morgan fingerprint density at radius 2 is 1.81 bits per heavy atom. The molecule has 3 rings (SSSR count). The Hall–Kier alpha value is -2.58. The third-order valence-corrected chi connectivity index (χ3v) is 8.22. The van der Waals surface area contributed by atoms with Crippen molar-refractivity contribution in [2.75, 3.05) is 14.2 Å².